The minimum atomic E-state index is -0.0167. The molecule has 1 atom stereocenters. The molecule has 3 aromatic rings. The summed E-state index contributed by atoms with van der Waals surface area (Å²) in [4.78, 5) is 18.0. The molecule has 2 heterocycles. The van der Waals surface area contributed by atoms with Gasteiger partial charge in [0.2, 0.25) is 0 Å². The molecular weight excluding hydrogens is 344 g/mol. The Bertz CT molecular complexity index is 977. The van der Waals surface area contributed by atoms with Crippen LogP contribution >= 0.6 is 11.8 Å². The standard InChI is InChI=1S/C21H22N2O2S/c1-15-8-2-5-12-19(15)23-20(24)17-10-3-4-11-18(17)22-21(23)26-14-16-9-6-7-13-25-16/h2-5,8,10-12,16H,6-7,9,13-14H2,1H3. The fraction of sp³-hybridized carbons (Fsp3) is 0.333. The van der Waals surface area contributed by atoms with E-state index in [1.54, 1.807) is 16.3 Å². The van der Waals surface area contributed by atoms with Gasteiger partial charge in [-0.25, -0.2) is 4.98 Å². The average molecular weight is 366 g/mol. The van der Waals surface area contributed by atoms with E-state index in [-0.39, 0.29) is 11.7 Å². The molecule has 0 spiro atoms. The summed E-state index contributed by atoms with van der Waals surface area (Å²) in [7, 11) is 0. The topological polar surface area (TPSA) is 44.1 Å². The quantitative estimate of drug-likeness (QED) is 0.508. The van der Waals surface area contributed by atoms with Gasteiger partial charge in [-0.05, 0) is 49.9 Å². The van der Waals surface area contributed by atoms with Crippen molar-refractivity contribution in [2.45, 2.75) is 37.4 Å². The summed E-state index contributed by atoms with van der Waals surface area (Å²) in [5.41, 5.74) is 2.68. The molecule has 0 bridgehead atoms. The van der Waals surface area contributed by atoms with E-state index < -0.39 is 0 Å². The number of aryl methyl sites for hydroxylation is 1. The predicted octanol–water partition coefficient (Wildman–Crippen LogP) is 4.36. The normalized spacial score (nSPS) is 17.5. The third-order valence-electron chi connectivity index (χ3n) is 4.77. The van der Waals surface area contributed by atoms with Crippen LogP contribution in [0.1, 0.15) is 24.8 Å². The van der Waals surface area contributed by atoms with Gasteiger partial charge in [0, 0.05) is 12.4 Å². The molecule has 1 aromatic heterocycles. The second-order valence-electron chi connectivity index (χ2n) is 6.64. The molecule has 5 heteroatoms. The first-order valence-electron chi connectivity index (χ1n) is 9.06. The lowest BCUT2D eigenvalue weighted by atomic mass is 10.1. The van der Waals surface area contributed by atoms with E-state index >= 15 is 0 Å². The zero-order chi connectivity index (χ0) is 17.9. The van der Waals surface area contributed by atoms with Crippen molar-refractivity contribution in [2.24, 2.45) is 0 Å². The van der Waals surface area contributed by atoms with Crippen LogP contribution in [0.2, 0.25) is 0 Å². The fourth-order valence-corrected chi connectivity index (χ4v) is 4.41. The Morgan fingerprint density at radius 3 is 2.77 bits per heavy atom. The molecule has 0 saturated carbocycles. The zero-order valence-electron chi connectivity index (χ0n) is 14.9. The Morgan fingerprint density at radius 1 is 1.15 bits per heavy atom. The molecule has 1 saturated heterocycles. The average Bonchev–Trinajstić information content (AvgIpc) is 2.68. The van der Waals surface area contributed by atoms with Crippen molar-refractivity contribution in [1.82, 2.24) is 9.55 Å². The van der Waals surface area contributed by atoms with Crippen molar-refractivity contribution in [3.05, 3.63) is 64.4 Å². The highest BCUT2D eigenvalue weighted by molar-refractivity contribution is 7.99. The van der Waals surface area contributed by atoms with Crippen LogP contribution in [0.5, 0.6) is 0 Å². The maximum Gasteiger partial charge on any atom is 0.266 e. The van der Waals surface area contributed by atoms with Crippen molar-refractivity contribution in [2.75, 3.05) is 12.4 Å². The van der Waals surface area contributed by atoms with Gasteiger partial charge in [0.05, 0.1) is 22.7 Å². The lowest BCUT2D eigenvalue weighted by Gasteiger charge is -2.22. The third kappa shape index (κ3) is 3.41. The Morgan fingerprint density at radius 2 is 1.96 bits per heavy atom. The third-order valence-corrected chi connectivity index (χ3v) is 5.84. The number of benzene rings is 2. The van der Waals surface area contributed by atoms with Crippen molar-refractivity contribution in [3.8, 4) is 5.69 Å². The highest BCUT2D eigenvalue weighted by atomic mass is 32.2. The molecule has 4 rings (SSSR count). The van der Waals surface area contributed by atoms with Crippen molar-refractivity contribution in [1.29, 1.82) is 0 Å². The van der Waals surface area contributed by atoms with E-state index in [1.807, 2.05) is 55.5 Å². The van der Waals surface area contributed by atoms with Crippen molar-refractivity contribution < 1.29 is 4.74 Å². The van der Waals surface area contributed by atoms with Gasteiger partial charge in [0.15, 0.2) is 5.16 Å². The number of fused-ring (bicyclic) bond motifs is 1. The fourth-order valence-electron chi connectivity index (χ4n) is 3.34. The molecule has 134 valence electrons. The Kier molecular flexibility index (Phi) is 5.09. The van der Waals surface area contributed by atoms with Gasteiger partial charge in [0.1, 0.15) is 0 Å². The molecule has 4 nitrogen and oxygen atoms in total. The molecule has 0 radical (unpaired) electrons. The molecule has 1 aliphatic heterocycles. The first kappa shape index (κ1) is 17.3. The van der Waals surface area contributed by atoms with Gasteiger partial charge in [-0.15, -0.1) is 0 Å². The van der Waals surface area contributed by atoms with Crippen LogP contribution in [0.3, 0.4) is 0 Å². The van der Waals surface area contributed by atoms with Crippen LogP contribution in [0.4, 0.5) is 0 Å². The molecular formula is C21H22N2O2S. The van der Waals surface area contributed by atoms with E-state index in [0.717, 1.165) is 47.1 Å². The number of para-hydroxylation sites is 2. The van der Waals surface area contributed by atoms with E-state index in [9.17, 15) is 4.79 Å². The van der Waals surface area contributed by atoms with E-state index in [2.05, 4.69) is 0 Å². The SMILES string of the molecule is Cc1ccccc1-n1c(SCC2CCCCO2)nc2ccccc2c1=O. The minimum absolute atomic E-state index is 0.0167. The molecule has 1 fully saturated rings. The summed E-state index contributed by atoms with van der Waals surface area (Å²) in [5, 5.41) is 1.38. The molecule has 0 aliphatic carbocycles. The van der Waals surface area contributed by atoms with E-state index in [4.69, 9.17) is 9.72 Å². The first-order chi connectivity index (χ1) is 12.7. The Labute approximate surface area is 157 Å². The number of aromatic nitrogens is 2. The van der Waals surface area contributed by atoms with Gasteiger partial charge in [-0.3, -0.25) is 9.36 Å². The molecule has 1 unspecified atom stereocenters. The van der Waals surface area contributed by atoms with Crippen LogP contribution in [0.25, 0.3) is 16.6 Å². The molecule has 26 heavy (non-hydrogen) atoms. The summed E-state index contributed by atoms with van der Waals surface area (Å²) in [5.74, 6) is 0.816. The summed E-state index contributed by atoms with van der Waals surface area (Å²) in [6, 6.07) is 15.5. The summed E-state index contributed by atoms with van der Waals surface area (Å²) in [6.45, 7) is 2.86. The molecule has 0 amide bonds. The monoisotopic (exact) mass is 366 g/mol. The van der Waals surface area contributed by atoms with Gasteiger partial charge in [-0.2, -0.15) is 0 Å². The second-order valence-corrected chi connectivity index (χ2v) is 7.63. The van der Waals surface area contributed by atoms with E-state index in [0.29, 0.717) is 5.39 Å². The van der Waals surface area contributed by atoms with Crippen LogP contribution in [0.15, 0.2) is 58.5 Å². The van der Waals surface area contributed by atoms with Crippen molar-refractivity contribution >= 4 is 22.7 Å². The summed E-state index contributed by atoms with van der Waals surface area (Å²) >= 11 is 1.61. The Balaban J connectivity index is 1.80. The Hall–Kier alpha value is -2.11. The van der Waals surface area contributed by atoms with E-state index in [1.165, 1.54) is 6.42 Å². The van der Waals surface area contributed by atoms with Crippen LogP contribution < -0.4 is 5.56 Å². The van der Waals surface area contributed by atoms with Gasteiger partial charge in [0.25, 0.3) is 5.56 Å². The van der Waals surface area contributed by atoms with Gasteiger partial charge in [-0.1, -0.05) is 42.1 Å². The van der Waals surface area contributed by atoms with Crippen LogP contribution in [0, 0.1) is 6.92 Å². The number of hydrogen-bond donors (Lipinski definition) is 0. The number of rotatable bonds is 4. The molecule has 0 N–H and O–H groups in total. The minimum Gasteiger partial charge on any atom is -0.377 e. The maximum atomic E-state index is 13.2. The van der Waals surface area contributed by atoms with Crippen LogP contribution in [-0.2, 0) is 4.74 Å². The van der Waals surface area contributed by atoms with Crippen molar-refractivity contribution in [3.63, 3.8) is 0 Å². The number of thioether (sulfide) groups is 1. The largest absolute Gasteiger partial charge is 0.377 e. The highest BCUT2D eigenvalue weighted by Crippen LogP contribution is 2.26. The summed E-state index contributed by atoms with van der Waals surface area (Å²) in [6.07, 6.45) is 3.67. The zero-order valence-corrected chi connectivity index (χ0v) is 15.7. The van der Waals surface area contributed by atoms with Gasteiger partial charge < -0.3 is 4.74 Å². The number of ether oxygens (including phenoxy) is 1. The van der Waals surface area contributed by atoms with Crippen LogP contribution in [-0.4, -0.2) is 28.0 Å². The number of hydrogen-bond acceptors (Lipinski definition) is 4. The predicted molar refractivity (Wildman–Crippen MR) is 106 cm³/mol. The number of nitrogens with zero attached hydrogens (tertiary/aromatic N) is 2. The lowest BCUT2D eigenvalue weighted by molar-refractivity contribution is 0.0315. The maximum absolute atomic E-state index is 13.2. The highest BCUT2D eigenvalue weighted by Gasteiger charge is 2.18. The van der Waals surface area contributed by atoms with Gasteiger partial charge >= 0.3 is 0 Å². The smallest absolute Gasteiger partial charge is 0.266 e. The molecule has 1 aliphatic rings. The molecule has 2 aromatic carbocycles. The second kappa shape index (κ2) is 7.64. The lowest BCUT2D eigenvalue weighted by Crippen LogP contribution is -2.25. The summed E-state index contributed by atoms with van der Waals surface area (Å²) < 4.78 is 7.61. The first-order valence-corrected chi connectivity index (χ1v) is 10.0.